The molecule has 1 fully saturated rings. The Kier molecular flexibility index (Phi) is 5.71. The number of anilines is 1. The molecular formula is C26H26N6O2. The second-order valence-corrected chi connectivity index (χ2v) is 8.64. The number of hydrogen-bond donors (Lipinski definition) is 2. The first kappa shape index (κ1) is 21.6. The second-order valence-electron chi connectivity index (χ2n) is 8.64. The van der Waals surface area contributed by atoms with Crippen molar-refractivity contribution in [2.75, 3.05) is 5.32 Å². The summed E-state index contributed by atoms with van der Waals surface area (Å²) < 4.78 is 3.45. The average Bonchev–Trinajstić information content (AvgIpc) is 3.52. The highest BCUT2D eigenvalue weighted by Gasteiger charge is 2.35. The quantitative estimate of drug-likeness (QED) is 0.472. The molecule has 2 atom stereocenters. The SMILES string of the molecule is Cc1c(-c2cnn(C)c2)nn(-c2ccccc2)c1NC(=O)N[C@@H]1CC(=O)C[C@H]1c1ccccc1. The third-order valence-electron chi connectivity index (χ3n) is 6.26. The van der Waals surface area contributed by atoms with Gasteiger partial charge >= 0.3 is 6.03 Å². The van der Waals surface area contributed by atoms with E-state index >= 15 is 0 Å². The van der Waals surface area contributed by atoms with Crippen LogP contribution in [0.4, 0.5) is 10.6 Å². The summed E-state index contributed by atoms with van der Waals surface area (Å²) in [6, 6.07) is 18.9. The van der Waals surface area contributed by atoms with E-state index in [-0.39, 0.29) is 23.8 Å². The summed E-state index contributed by atoms with van der Waals surface area (Å²) in [4.78, 5) is 25.4. The van der Waals surface area contributed by atoms with Crippen LogP contribution in [0.1, 0.15) is 29.9 Å². The van der Waals surface area contributed by atoms with E-state index in [1.165, 1.54) is 0 Å². The monoisotopic (exact) mass is 454 g/mol. The van der Waals surface area contributed by atoms with Crippen LogP contribution in [0.3, 0.4) is 0 Å². The van der Waals surface area contributed by atoms with Crippen molar-refractivity contribution in [3.63, 3.8) is 0 Å². The van der Waals surface area contributed by atoms with Gasteiger partial charge in [0.2, 0.25) is 0 Å². The number of rotatable bonds is 5. The lowest BCUT2D eigenvalue weighted by molar-refractivity contribution is -0.117. The van der Waals surface area contributed by atoms with Crippen LogP contribution in [-0.4, -0.2) is 37.4 Å². The van der Waals surface area contributed by atoms with Crippen LogP contribution in [0.25, 0.3) is 16.9 Å². The van der Waals surface area contributed by atoms with Crippen LogP contribution < -0.4 is 10.6 Å². The molecule has 2 heterocycles. The summed E-state index contributed by atoms with van der Waals surface area (Å²) in [5.41, 5.74) is 4.32. The van der Waals surface area contributed by atoms with Gasteiger partial charge in [0.05, 0.1) is 11.9 Å². The zero-order valence-corrected chi connectivity index (χ0v) is 19.1. The molecule has 0 radical (unpaired) electrons. The molecule has 34 heavy (non-hydrogen) atoms. The molecule has 0 unspecified atom stereocenters. The molecular weight excluding hydrogens is 428 g/mol. The number of nitrogens with one attached hydrogen (secondary N) is 2. The number of amides is 2. The van der Waals surface area contributed by atoms with Crippen LogP contribution in [0, 0.1) is 6.92 Å². The number of urea groups is 1. The Morgan fingerprint density at radius 2 is 1.74 bits per heavy atom. The molecule has 0 aliphatic heterocycles. The summed E-state index contributed by atoms with van der Waals surface area (Å²) in [6.07, 6.45) is 4.40. The van der Waals surface area contributed by atoms with Crippen LogP contribution in [0.15, 0.2) is 73.1 Å². The minimum atomic E-state index is -0.362. The van der Waals surface area contributed by atoms with Crippen molar-refractivity contribution in [1.29, 1.82) is 0 Å². The van der Waals surface area contributed by atoms with Gasteiger partial charge in [-0.1, -0.05) is 48.5 Å². The molecule has 8 heteroatoms. The van der Waals surface area contributed by atoms with E-state index in [0.717, 1.165) is 28.1 Å². The number of aryl methyl sites for hydroxylation is 1. The van der Waals surface area contributed by atoms with Gasteiger partial charge in [-0.2, -0.15) is 10.2 Å². The van der Waals surface area contributed by atoms with E-state index in [1.807, 2.05) is 80.8 Å². The van der Waals surface area contributed by atoms with Gasteiger partial charge in [-0.3, -0.25) is 14.8 Å². The van der Waals surface area contributed by atoms with Gasteiger partial charge in [0.1, 0.15) is 17.3 Å². The fourth-order valence-corrected chi connectivity index (χ4v) is 4.59. The maximum absolute atomic E-state index is 13.1. The zero-order chi connectivity index (χ0) is 23.7. The Balaban J connectivity index is 1.43. The number of carbonyl (C=O) groups excluding carboxylic acids is 2. The topological polar surface area (TPSA) is 93.8 Å². The zero-order valence-electron chi connectivity index (χ0n) is 19.1. The number of ketones is 1. The highest BCUT2D eigenvalue weighted by Crippen LogP contribution is 2.33. The van der Waals surface area contributed by atoms with Crippen molar-refractivity contribution < 1.29 is 9.59 Å². The second kappa shape index (κ2) is 8.97. The maximum Gasteiger partial charge on any atom is 0.320 e. The van der Waals surface area contributed by atoms with Crippen molar-refractivity contribution in [2.45, 2.75) is 31.7 Å². The van der Waals surface area contributed by atoms with Gasteiger partial charge in [0, 0.05) is 49.2 Å². The minimum absolute atomic E-state index is 0.0365. The number of carbonyl (C=O) groups is 2. The molecule has 0 spiro atoms. The molecule has 1 aliphatic carbocycles. The Hall–Kier alpha value is -4.20. The standard InChI is InChI=1S/C26H26N6O2/c1-17-24(19-15-27-31(2)16-19)30-32(20-11-7-4-8-12-20)25(17)29-26(34)28-23-14-21(33)13-22(23)18-9-5-3-6-10-18/h3-12,15-16,22-23H,13-14H2,1-2H3,(H2,28,29,34)/t22-,23+/m0/s1. The molecule has 8 nitrogen and oxygen atoms in total. The van der Waals surface area contributed by atoms with E-state index in [1.54, 1.807) is 15.6 Å². The molecule has 5 rings (SSSR count). The largest absolute Gasteiger partial charge is 0.334 e. The first-order chi connectivity index (χ1) is 16.5. The van der Waals surface area contributed by atoms with Crippen molar-refractivity contribution in [2.24, 2.45) is 7.05 Å². The highest BCUT2D eigenvalue weighted by molar-refractivity contribution is 5.92. The third kappa shape index (κ3) is 4.22. The van der Waals surface area contributed by atoms with Gasteiger partial charge in [-0.05, 0) is 24.6 Å². The van der Waals surface area contributed by atoms with E-state index in [2.05, 4.69) is 15.7 Å². The van der Waals surface area contributed by atoms with Gasteiger partial charge in [0.25, 0.3) is 0 Å². The van der Waals surface area contributed by atoms with E-state index in [0.29, 0.717) is 18.7 Å². The van der Waals surface area contributed by atoms with Crippen LogP contribution in [0.5, 0.6) is 0 Å². The summed E-state index contributed by atoms with van der Waals surface area (Å²) in [6.45, 7) is 1.93. The number of benzene rings is 2. The lowest BCUT2D eigenvalue weighted by Gasteiger charge is -2.21. The van der Waals surface area contributed by atoms with Crippen molar-refractivity contribution in [3.8, 4) is 16.9 Å². The Labute approximate surface area is 197 Å². The van der Waals surface area contributed by atoms with Crippen LogP contribution >= 0.6 is 0 Å². The van der Waals surface area contributed by atoms with Crippen LogP contribution in [-0.2, 0) is 11.8 Å². The summed E-state index contributed by atoms with van der Waals surface area (Å²) in [7, 11) is 1.85. The molecule has 2 aromatic heterocycles. The maximum atomic E-state index is 13.1. The van der Waals surface area contributed by atoms with E-state index in [4.69, 9.17) is 5.10 Å². The normalized spacial score (nSPS) is 17.6. The first-order valence-electron chi connectivity index (χ1n) is 11.3. The Morgan fingerprint density at radius 1 is 1.03 bits per heavy atom. The lowest BCUT2D eigenvalue weighted by Crippen LogP contribution is -2.40. The minimum Gasteiger partial charge on any atom is -0.334 e. The number of para-hydroxylation sites is 1. The first-order valence-corrected chi connectivity index (χ1v) is 11.3. The number of nitrogens with zero attached hydrogens (tertiary/aromatic N) is 4. The number of aromatic nitrogens is 4. The predicted molar refractivity (Wildman–Crippen MR) is 130 cm³/mol. The molecule has 0 saturated heterocycles. The summed E-state index contributed by atoms with van der Waals surface area (Å²) >= 11 is 0. The van der Waals surface area contributed by atoms with Crippen LogP contribution in [0.2, 0.25) is 0 Å². The third-order valence-corrected chi connectivity index (χ3v) is 6.26. The van der Waals surface area contributed by atoms with Crippen molar-refractivity contribution in [3.05, 3.63) is 84.2 Å². The lowest BCUT2D eigenvalue weighted by atomic mass is 9.94. The average molecular weight is 455 g/mol. The molecule has 2 N–H and O–H groups in total. The highest BCUT2D eigenvalue weighted by atomic mass is 16.2. The van der Waals surface area contributed by atoms with Gasteiger partial charge in [-0.25, -0.2) is 9.48 Å². The van der Waals surface area contributed by atoms with Gasteiger partial charge in [0.15, 0.2) is 0 Å². The molecule has 4 aromatic rings. The molecule has 2 amide bonds. The summed E-state index contributed by atoms with van der Waals surface area (Å²) in [5.74, 6) is 0.692. The summed E-state index contributed by atoms with van der Waals surface area (Å²) in [5, 5.41) is 15.1. The van der Waals surface area contributed by atoms with E-state index in [9.17, 15) is 9.59 Å². The molecule has 1 aliphatic rings. The van der Waals surface area contributed by atoms with Gasteiger partial charge < -0.3 is 5.32 Å². The van der Waals surface area contributed by atoms with Crippen molar-refractivity contribution >= 4 is 17.6 Å². The molecule has 2 aromatic carbocycles. The van der Waals surface area contributed by atoms with Crippen molar-refractivity contribution in [1.82, 2.24) is 24.9 Å². The fraction of sp³-hybridized carbons (Fsp3) is 0.231. The van der Waals surface area contributed by atoms with E-state index < -0.39 is 0 Å². The Bertz CT molecular complexity index is 1330. The van der Waals surface area contributed by atoms with Gasteiger partial charge in [-0.15, -0.1) is 0 Å². The smallest absolute Gasteiger partial charge is 0.320 e. The Morgan fingerprint density at radius 3 is 2.41 bits per heavy atom. The molecule has 0 bridgehead atoms. The number of hydrogen-bond acceptors (Lipinski definition) is 4. The predicted octanol–water partition coefficient (Wildman–Crippen LogP) is 4.22. The molecule has 172 valence electrons. The number of Topliss-reactive ketones (excluding diaryl/α,β-unsaturated/α-hetero) is 1. The molecule has 1 saturated carbocycles. The fourth-order valence-electron chi connectivity index (χ4n) is 4.59.